The Morgan fingerprint density at radius 1 is 1.17 bits per heavy atom. The van der Waals surface area contributed by atoms with Crippen LogP contribution in [0.25, 0.3) is 0 Å². The van der Waals surface area contributed by atoms with Crippen molar-refractivity contribution in [2.45, 2.75) is 13.8 Å². The Hall–Kier alpha value is -2.17. The standard InChI is InChI=1S/C13H15FN4/c1-8-12(15)16-9(2)17-13(8)18(3)11-7-5-4-6-10(11)14/h4-7H,1-3H3,(H2,15,16,17). The molecule has 0 amide bonds. The number of nitrogen functional groups attached to an aromatic ring is 1. The number of hydrogen-bond donors (Lipinski definition) is 1. The molecule has 0 saturated heterocycles. The summed E-state index contributed by atoms with van der Waals surface area (Å²) in [5.41, 5.74) is 7.00. The van der Waals surface area contributed by atoms with Gasteiger partial charge in [0.1, 0.15) is 23.3 Å². The zero-order chi connectivity index (χ0) is 13.3. The molecule has 0 atom stereocenters. The first-order chi connectivity index (χ1) is 8.50. The normalized spacial score (nSPS) is 10.4. The molecule has 0 aliphatic rings. The molecule has 1 heterocycles. The highest BCUT2D eigenvalue weighted by atomic mass is 19.1. The average Bonchev–Trinajstić information content (AvgIpc) is 2.33. The summed E-state index contributed by atoms with van der Waals surface area (Å²) in [7, 11) is 1.76. The molecule has 0 aliphatic heterocycles. The van der Waals surface area contributed by atoms with E-state index >= 15 is 0 Å². The van der Waals surface area contributed by atoms with Crippen molar-refractivity contribution < 1.29 is 4.39 Å². The monoisotopic (exact) mass is 246 g/mol. The molecule has 4 nitrogen and oxygen atoms in total. The lowest BCUT2D eigenvalue weighted by Crippen LogP contribution is -2.16. The Bertz CT molecular complexity index is 583. The highest BCUT2D eigenvalue weighted by Crippen LogP contribution is 2.28. The number of anilines is 3. The fourth-order valence-electron chi connectivity index (χ4n) is 1.80. The third-order valence-corrected chi connectivity index (χ3v) is 2.80. The van der Waals surface area contributed by atoms with E-state index in [1.165, 1.54) is 6.07 Å². The van der Waals surface area contributed by atoms with E-state index in [9.17, 15) is 4.39 Å². The Labute approximate surface area is 105 Å². The molecule has 0 spiro atoms. The lowest BCUT2D eigenvalue weighted by Gasteiger charge is -2.21. The van der Waals surface area contributed by atoms with Crippen LogP contribution in [0.1, 0.15) is 11.4 Å². The summed E-state index contributed by atoms with van der Waals surface area (Å²) in [6, 6.07) is 6.54. The first kappa shape index (κ1) is 12.3. The molecule has 2 rings (SSSR count). The minimum atomic E-state index is -0.297. The molecule has 0 saturated carbocycles. The van der Waals surface area contributed by atoms with Crippen molar-refractivity contribution in [2.75, 3.05) is 17.7 Å². The minimum Gasteiger partial charge on any atom is -0.383 e. The molecule has 0 radical (unpaired) electrons. The van der Waals surface area contributed by atoms with E-state index in [2.05, 4.69) is 9.97 Å². The highest BCUT2D eigenvalue weighted by molar-refractivity contribution is 5.66. The summed E-state index contributed by atoms with van der Waals surface area (Å²) in [4.78, 5) is 10.1. The molecule has 0 unspecified atom stereocenters. The number of benzene rings is 1. The van der Waals surface area contributed by atoms with E-state index in [0.29, 0.717) is 23.1 Å². The Morgan fingerprint density at radius 3 is 2.50 bits per heavy atom. The van der Waals surface area contributed by atoms with Crippen molar-refractivity contribution in [1.82, 2.24) is 9.97 Å². The molecule has 0 aliphatic carbocycles. The van der Waals surface area contributed by atoms with Gasteiger partial charge in [-0.05, 0) is 26.0 Å². The van der Waals surface area contributed by atoms with E-state index in [1.54, 1.807) is 37.1 Å². The quantitative estimate of drug-likeness (QED) is 0.884. The van der Waals surface area contributed by atoms with Crippen LogP contribution in [0.2, 0.25) is 0 Å². The average molecular weight is 246 g/mol. The van der Waals surface area contributed by atoms with Crippen LogP contribution in [0.5, 0.6) is 0 Å². The van der Waals surface area contributed by atoms with Gasteiger partial charge in [-0.1, -0.05) is 12.1 Å². The van der Waals surface area contributed by atoms with Crippen molar-refractivity contribution in [2.24, 2.45) is 0 Å². The van der Waals surface area contributed by atoms with Crippen LogP contribution in [-0.2, 0) is 0 Å². The molecule has 18 heavy (non-hydrogen) atoms. The predicted octanol–water partition coefficient (Wildman–Crippen LogP) is 2.58. The van der Waals surface area contributed by atoms with Crippen LogP contribution >= 0.6 is 0 Å². The second-order valence-electron chi connectivity index (χ2n) is 4.12. The van der Waals surface area contributed by atoms with Crippen LogP contribution in [0.15, 0.2) is 24.3 Å². The van der Waals surface area contributed by atoms with Gasteiger partial charge in [0.25, 0.3) is 0 Å². The molecule has 2 N–H and O–H groups in total. The van der Waals surface area contributed by atoms with Gasteiger partial charge in [0.2, 0.25) is 0 Å². The van der Waals surface area contributed by atoms with Gasteiger partial charge in [-0.15, -0.1) is 0 Å². The van der Waals surface area contributed by atoms with Crippen LogP contribution in [0, 0.1) is 19.7 Å². The smallest absolute Gasteiger partial charge is 0.146 e. The van der Waals surface area contributed by atoms with Crippen molar-refractivity contribution in [3.05, 3.63) is 41.5 Å². The summed E-state index contributed by atoms with van der Waals surface area (Å²) in [5.74, 6) is 1.30. The van der Waals surface area contributed by atoms with E-state index in [0.717, 1.165) is 5.56 Å². The third-order valence-electron chi connectivity index (χ3n) is 2.80. The number of aromatic nitrogens is 2. The molecule has 5 heteroatoms. The van der Waals surface area contributed by atoms with E-state index in [4.69, 9.17) is 5.73 Å². The summed E-state index contributed by atoms with van der Waals surface area (Å²) >= 11 is 0. The number of halogens is 1. The number of hydrogen-bond acceptors (Lipinski definition) is 4. The SMILES string of the molecule is Cc1nc(N)c(C)c(N(C)c2ccccc2F)n1. The first-order valence-electron chi connectivity index (χ1n) is 5.59. The predicted molar refractivity (Wildman–Crippen MR) is 70.4 cm³/mol. The van der Waals surface area contributed by atoms with Gasteiger partial charge in [0, 0.05) is 12.6 Å². The molecule has 1 aromatic carbocycles. The van der Waals surface area contributed by atoms with Crippen molar-refractivity contribution >= 4 is 17.3 Å². The number of aryl methyl sites for hydroxylation is 1. The van der Waals surface area contributed by atoms with Gasteiger partial charge in [0.05, 0.1) is 5.69 Å². The van der Waals surface area contributed by atoms with Gasteiger partial charge < -0.3 is 10.6 Å². The maximum absolute atomic E-state index is 13.7. The maximum atomic E-state index is 13.7. The number of para-hydroxylation sites is 1. The summed E-state index contributed by atoms with van der Waals surface area (Å²) in [5, 5.41) is 0. The van der Waals surface area contributed by atoms with E-state index < -0.39 is 0 Å². The topological polar surface area (TPSA) is 55.0 Å². The molecule has 94 valence electrons. The van der Waals surface area contributed by atoms with Gasteiger partial charge in [-0.25, -0.2) is 14.4 Å². The van der Waals surface area contributed by atoms with Gasteiger partial charge in [0.15, 0.2) is 0 Å². The van der Waals surface area contributed by atoms with Crippen LogP contribution in [-0.4, -0.2) is 17.0 Å². The summed E-state index contributed by atoms with van der Waals surface area (Å²) < 4.78 is 13.7. The molecule has 0 bridgehead atoms. The van der Waals surface area contributed by atoms with Gasteiger partial charge in [-0.2, -0.15) is 0 Å². The highest BCUT2D eigenvalue weighted by Gasteiger charge is 2.15. The second-order valence-corrected chi connectivity index (χ2v) is 4.12. The van der Waals surface area contributed by atoms with Gasteiger partial charge >= 0.3 is 0 Å². The van der Waals surface area contributed by atoms with Gasteiger partial charge in [-0.3, -0.25) is 0 Å². The number of rotatable bonds is 2. The Morgan fingerprint density at radius 2 is 1.83 bits per heavy atom. The van der Waals surface area contributed by atoms with Crippen LogP contribution < -0.4 is 10.6 Å². The molecule has 1 aromatic heterocycles. The zero-order valence-corrected chi connectivity index (χ0v) is 10.6. The zero-order valence-electron chi connectivity index (χ0n) is 10.6. The van der Waals surface area contributed by atoms with Crippen molar-refractivity contribution in [3.8, 4) is 0 Å². The van der Waals surface area contributed by atoms with Crippen molar-refractivity contribution in [3.63, 3.8) is 0 Å². The molecule has 0 fully saturated rings. The largest absolute Gasteiger partial charge is 0.383 e. The summed E-state index contributed by atoms with van der Waals surface area (Å²) in [6.07, 6.45) is 0. The summed E-state index contributed by atoms with van der Waals surface area (Å²) in [6.45, 7) is 3.58. The number of nitrogens with two attached hydrogens (primary N) is 1. The van der Waals surface area contributed by atoms with Crippen LogP contribution in [0.4, 0.5) is 21.7 Å². The van der Waals surface area contributed by atoms with Crippen molar-refractivity contribution in [1.29, 1.82) is 0 Å². The third kappa shape index (κ3) is 2.11. The lowest BCUT2D eigenvalue weighted by atomic mass is 10.2. The Balaban J connectivity index is 2.53. The Kier molecular flexibility index (Phi) is 3.14. The second kappa shape index (κ2) is 4.60. The van der Waals surface area contributed by atoms with E-state index in [-0.39, 0.29) is 5.82 Å². The van der Waals surface area contributed by atoms with E-state index in [1.807, 2.05) is 6.92 Å². The minimum absolute atomic E-state index is 0.297. The lowest BCUT2D eigenvalue weighted by molar-refractivity contribution is 0.627. The fraction of sp³-hybridized carbons (Fsp3) is 0.231. The maximum Gasteiger partial charge on any atom is 0.146 e. The number of nitrogens with zero attached hydrogens (tertiary/aromatic N) is 3. The molecular weight excluding hydrogens is 231 g/mol. The first-order valence-corrected chi connectivity index (χ1v) is 5.59. The molecular formula is C13H15FN4. The fourth-order valence-corrected chi connectivity index (χ4v) is 1.80. The molecule has 2 aromatic rings. The van der Waals surface area contributed by atoms with Crippen LogP contribution in [0.3, 0.4) is 0 Å².